The van der Waals surface area contributed by atoms with Crippen LogP contribution in [0.3, 0.4) is 0 Å². The summed E-state index contributed by atoms with van der Waals surface area (Å²) in [6.07, 6.45) is 16.8. The largest absolute Gasteiger partial charge is 0.503 e. The van der Waals surface area contributed by atoms with E-state index in [0.717, 1.165) is 12.8 Å². The van der Waals surface area contributed by atoms with Gasteiger partial charge in [-0.3, -0.25) is 10.5 Å². The summed E-state index contributed by atoms with van der Waals surface area (Å²) in [7, 11) is 0. The SMILES string of the molecule is CCCCCCCCCCOO.CCCCCCCCCCOO.O=C(O)O.O=C(O)O. The number of hydrogen-bond donors (Lipinski definition) is 6. The zero-order valence-corrected chi connectivity index (χ0v) is 20.0. The fourth-order valence-corrected chi connectivity index (χ4v) is 2.60. The average Bonchev–Trinajstić information content (AvgIpc) is 2.72. The van der Waals surface area contributed by atoms with Gasteiger partial charge < -0.3 is 20.4 Å². The molecule has 0 bridgehead atoms. The summed E-state index contributed by atoms with van der Waals surface area (Å²) < 4.78 is 0. The van der Waals surface area contributed by atoms with Crippen LogP contribution >= 0.6 is 0 Å². The molecular weight excluding hydrogens is 424 g/mol. The summed E-state index contributed by atoms with van der Waals surface area (Å²) in [4.78, 5) is 25.1. The first kappa shape index (κ1) is 37.7. The Morgan fingerprint density at radius 1 is 0.469 bits per heavy atom. The molecule has 0 amide bonds. The molecule has 0 spiro atoms. The number of carbonyl (C=O) groups is 2. The molecule has 6 N–H and O–H groups in total. The molecule has 0 aliphatic heterocycles. The number of hydrogen-bond acceptors (Lipinski definition) is 6. The fraction of sp³-hybridized carbons (Fsp3) is 0.909. The molecule has 0 radical (unpaired) electrons. The quantitative estimate of drug-likeness (QED) is 0.0659. The first-order valence-electron chi connectivity index (χ1n) is 11.7. The van der Waals surface area contributed by atoms with Crippen LogP contribution in [0.1, 0.15) is 117 Å². The van der Waals surface area contributed by atoms with Crippen molar-refractivity contribution in [2.45, 2.75) is 117 Å². The van der Waals surface area contributed by atoms with Crippen LogP contribution in [0.2, 0.25) is 0 Å². The molecule has 0 atom stereocenters. The van der Waals surface area contributed by atoms with Crippen LogP contribution in [0.5, 0.6) is 0 Å². The molecule has 0 fully saturated rings. The van der Waals surface area contributed by atoms with Crippen LogP contribution in [0.25, 0.3) is 0 Å². The molecule has 0 heterocycles. The molecule has 10 nitrogen and oxygen atoms in total. The summed E-state index contributed by atoms with van der Waals surface area (Å²) in [6.45, 7) is 5.46. The normalized spacial score (nSPS) is 9.38. The maximum atomic E-state index is 8.56. The molecule has 0 aromatic rings. The highest BCUT2D eigenvalue weighted by molar-refractivity contribution is 5.53. The third-order valence-electron chi connectivity index (χ3n) is 4.18. The highest BCUT2D eigenvalue weighted by Gasteiger charge is 1.91. The Morgan fingerprint density at radius 3 is 0.844 bits per heavy atom. The van der Waals surface area contributed by atoms with Crippen molar-refractivity contribution in [1.29, 1.82) is 0 Å². The molecule has 0 aromatic carbocycles. The van der Waals surface area contributed by atoms with Crippen molar-refractivity contribution < 1.29 is 50.3 Å². The summed E-state index contributed by atoms with van der Waals surface area (Å²) >= 11 is 0. The summed E-state index contributed by atoms with van der Waals surface area (Å²) in [5.41, 5.74) is 0. The molecule has 10 heteroatoms. The van der Waals surface area contributed by atoms with Gasteiger partial charge in [-0.25, -0.2) is 19.4 Å². The molecular formula is C22H48O10. The van der Waals surface area contributed by atoms with Crippen molar-refractivity contribution in [3.8, 4) is 0 Å². The third-order valence-corrected chi connectivity index (χ3v) is 4.18. The van der Waals surface area contributed by atoms with Crippen molar-refractivity contribution in [2.75, 3.05) is 13.2 Å². The van der Waals surface area contributed by atoms with Crippen molar-refractivity contribution in [1.82, 2.24) is 0 Å². The Bertz CT molecular complexity index is 281. The Morgan fingerprint density at radius 2 is 0.656 bits per heavy atom. The monoisotopic (exact) mass is 472 g/mol. The smallest absolute Gasteiger partial charge is 0.450 e. The summed E-state index contributed by atoms with van der Waals surface area (Å²) in [6, 6.07) is 0. The maximum Gasteiger partial charge on any atom is 0.503 e. The fourth-order valence-electron chi connectivity index (χ4n) is 2.60. The van der Waals surface area contributed by atoms with Gasteiger partial charge in [-0.05, 0) is 12.8 Å². The van der Waals surface area contributed by atoms with E-state index in [1.165, 1.54) is 89.9 Å². The number of unbranched alkanes of at least 4 members (excludes halogenated alkanes) is 14. The van der Waals surface area contributed by atoms with Crippen molar-refractivity contribution in [2.24, 2.45) is 0 Å². The van der Waals surface area contributed by atoms with E-state index < -0.39 is 12.3 Å². The standard InChI is InChI=1S/2C10H22O2.2CH2O3/c2*1-2-3-4-5-6-7-8-9-10-12-11;2*2-1(3)4/h2*11H,2-10H2,1H3;2*(H2,2,3,4). The zero-order valence-electron chi connectivity index (χ0n) is 20.0. The molecule has 0 saturated carbocycles. The minimum atomic E-state index is -1.83. The minimum Gasteiger partial charge on any atom is -0.450 e. The average molecular weight is 473 g/mol. The molecule has 196 valence electrons. The van der Waals surface area contributed by atoms with Gasteiger partial charge in [-0.2, -0.15) is 0 Å². The minimum absolute atomic E-state index is 0.495. The zero-order chi connectivity index (χ0) is 25.3. The lowest BCUT2D eigenvalue weighted by Gasteiger charge is -1.99. The van der Waals surface area contributed by atoms with Crippen LogP contribution in [0.4, 0.5) is 9.59 Å². The predicted molar refractivity (Wildman–Crippen MR) is 124 cm³/mol. The van der Waals surface area contributed by atoms with Gasteiger partial charge in [0.15, 0.2) is 0 Å². The molecule has 0 saturated heterocycles. The van der Waals surface area contributed by atoms with E-state index in [1.54, 1.807) is 0 Å². The van der Waals surface area contributed by atoms with Crippen molar-refractivity contribution >= 4 is 12.3 Å². The third kappa shape index (κ3) is 79.3. The lowest BCUT2D eigenvalue weighted by atomic mass is 10.1. The molecule has 0 aromatic heterocycles. The molecule has 32 heavy (non-hydrogen) atoms. The van der Waals surface area contributed by atoms with E-state index in [4.69, 9.17) is 40.5 Å². The van der Waals surface area contributed by atoms with Gasteiger partial charge in [0, 0.05) is 0 Å². The second kappa shape index (κ2) is 39.8. The second-order valence-corrected chi connectivity index (χ2v) is 7.18. The van der Waals surface area contributed by atoms with Crippen LogP contribution in [0, 0.1) is 0 Å². The number of rotatable bonds is 18. The first-order valence-corrected chi connectivity index (χ1v) is 11.7. The second-order valence-electron chi connectivity index (χ2n) is 7.18. The summed E-state index contributed by atoms with van der Waals surface area (Å²) in [5, 5.41) is 44.0. The van der Waals surface area contributed by atoms with Gasteiger partial charge in [0.25, 0.3) is 0 Å². The van der Waals surface area contributed by atoms with Gasteiger partial charge in [-0.1, -0.05) is 104 Å². The molecule has 0 unspecified atom stereocenters. The van der Waals surface area contributed by atoms with Crippen LogP contribution in [-0.2, 0) is 9.78 Å². The van der Waals surface area contributed by atoms with E-state index in [1.807, 2.05) is 0 Å². The lowest BCUT2D eigenvalue weighted by molar-refractivity contribution is -0.242. The van der Waals surface area contributed by atoms with E-state index in [9.17, 15) is 0 Å². The Balaban J connectivity index is -0.000000184. The van der Waals surface area contributed by atoms with Crippen LogP contribution < -0.4 is 0 Å². The van der Waals surface area contributed by atoms with Gasteiger partial charge in [0.1, 0.15) is 0 Å². The van der Waals surface area contributed by atoms with E-state index in [0.29, 0.717) is 13.2 Å². The Hall–Kier alpha value is -1.62. The van der Waals surface area contributed by atoms with Crippen LogP contribution in [-0.4, -0.2) is 56.5 Å². The van der Waals surface area contributed by atoms with Gasteiger partial charge >= 0.3 is 12.3 Å². The van der Waals surface area contributed by atoms with Crippen molar-refractivity contribution in [3.63, 3.8) is 0 Å². The van der Waals surface area contributed by atoms with E-state index in [2.05, 4.69) is 23.6 Å². The van der Waals surface area contributed by atoms with Gasteiger partial charge in [-0.15, -0.1) is 0 Å². The van der Waals surface area contributed by atoms with E-state index in [-0.39, 0.29) is 0 Å². The highest BCUT2D eigenvalue weighted by atomic mass is 17.1. The van der Waals surface area contributed by atoms with Gasteiger partial charge in [0.05, 0.1) is 13.2 Å². The molecule has 0 rings (SSSR count). The molecule has 0 aliphatic carbocycles. The number of carboxylic acid groups (broad SMARTS) is 4. The molecule has 0 aliphatic rings. The Labute approximate surface area is 193 Å². The lowest BCUT2D eigenvalue weighted by Crippen LogP contribution is -1.88. The predicted octanol–water partition coefficient (Wildman–Crippen LogP) is 7.68. The van der Waals surface area contributed by atoms with Crippen molar-refractivity contribution in [3.05, 3.63) is 0 Å². The van der Waals surface area contributed by atoms with Crippen LogP contribution in [0.15, 0.2) is 0 Å². The van der Waals surface area contributed by atoms with E-state index >= 15 is 0 Å². The first-order chi connectivity index (χ1) is 15.3. The maximum absolute atomic E-state index is 8.56. The topological polar surface area (TPSA) is 174 Å². The summed E-state index contributed by atoms with van der Waals surface area (Å²) in [5.74, 6) is 0. The Kier molecular flexibility index (Phi) is 46.9. The highest BCUT2D eigenvalue weighted by Crippen LogP contribution is 2.08. The van der Waals surface area contributed by atoms with Gasteiger partial charge in [0.2, 0.25) is 0 Å².